The molecule has 0 bridgehead atoms. The van der Waals surface area contributed by atoms with E-state index in [-0.39, 0.29) is 5.91 Å². The van der Waals surface area contributed by atoms with Crippen LogP contribution in [0.3, 0.4) is 0 Å². The molecule has 3 rings (SSSR count). The van der Waals surface area contributed by atoms with Crippen LogP contribution < -0.4 is 0 Å². The molecule has 0 aliphatic rings. The summed E-state index contributed by atoms with van der Waals surface area (Å²) < 4.78 is 5.25. The van der Waals surface area contributed by atoms with Crippen molar-refractivity contribution in [3.63, 3.8) is 0 Å². The first-order valence-corrected chi connectivity index (χ1v) is 8.78. The molecule has 2 aromatic heterocycles. The van der Waals surface area contributed by atoms with E-state index in [0.29, 0.717) is 42.7 Å². The molecule has 3 aromatic rings. The Kier molecular flexibility index (Phi) is 5.96. The molecule has 0 N–H and O–H groups in total. The van der Waals surface area contributed by atoms with Crippen molar-refractivity contribution in [2.24, 2.45) is 0 Å². The van der Waals surface area contributed by atoms with E-state index in [4.69, 9.17) is 16.1 Å². The minimum atomic E-state index is 0.0381. The number of pyridine rings is 1. The van der Waals surface area contributed by atoms with Gasteiger partial charge in [0.15, 0.2) is 0 Å². The molecule has 0 atom stereocenters. The quantitative estimate of drug-likeness (QED) is 0.633. The number of nitrogens with zero attached hydrogens (tertiary/aromatic N) is 4. The average Bonchev–Trinajstić information content (AvgIpc) is 3.14. The molecule has 134 valence electrons. The second-order valence-electron chi connectivity index (χ2n) is 5.79. The van der Waals surface area contributed by atoms with Gasteiger partial charge in [0.25, 0.3) is 0 Å². The third-order valence-electron chi connectivity index (χ3n) is 3.96. The number of amides is 1. The predicted octanol–water partition coefficient (Wildman–Crippen LogP) is 3.77. The number of aryl methyl sites for hydroxylation is 1. The summed E-state index contributed by atoms with van der Waals surface area (Å²) in [5, 5.41) is 4.62. The number of benzene rings is 1. The monoisotopic (exact) mass is 370 g/mol. The molecular formula is C19H19ClN4O2. The number of hydrogen-bond donors (Lipinski definition) is 0. The number of carbonyl (C=O) groups excluding carboxylic acids is 1. The number of halogens is 1. The van der Waals surface area contributed by atoms with Crippen LogP contribution in [0.25, 0.3) is 11.4 Å². The Balaban J connectivity index is 1.58. The SMILES string of the molecule is CCN(Cc1cccc(Cl)c1)C(=O)CCc1nc(-c2ccncc2)no1. The highest BCUT2D eigenvalue weighted by Gasteiger charge is 2.15. The molecule has 0 spiro atoms. The highest BCUT2D eigenvalue weighted by molar-refractivity contribution is 6.30. The Bertz CT molecular complexity index is 867. The fraction of sp³-hybridized carbons (Fsp3) is 0.263. The van der Waals surface area contributed by atoms with Gasteiger partial charge in [-0.25, -0.2) is 0 Å². The van der Waals surface area contributed by atoms with Gasteiger partial charge >= 0.3 is 0 Å². The number of aromatic nitrogens is 3. The Morgan fingerprint density at radius 3 is 2.77 bits per heavy atom. The summed E-state index contributed by atoms with van der Waals surface area (Å²) in [7, 11) is 0. The summed E-state index contributed by atoms with van der Waals surface area (Å²) in [5.41, 5.74) is 1.84. The molecule has 6 nitrogen and oxygen atoms in total. The maximum atomic E-state index is 12.5. The van der Waals surface area contributed by atoms with Gasteiger partial charge in [0.05, 0.1) is 0 Å². The first-order chi connectivity index (χ1) is 12.7. The third-order valence-corrected chi connectivity index (χ3v) is 4.19. The standard InChI is InChI=1S/C19H19ClN4O2/c1-2-24(13-14-4-3-5-16(20)12-14)18(25)7-6-17-22-19(23-26-17)15-8-10-21-11-9-15/h3-5,8-12H,2,6-7,13H2,1H3. The van der Waals surface area contributed by atoms with Crippen LogP contribution in [-0.4, -0.2) is 32.5 Å². The summed E-state index contributed by atoms with van der Waals surface area (Å²) in [5.74, 6) is 0.987. The lowest BCUT2D eigenvalue weighted by atomic mass is 10.2. The summed E-state index contributed by atoms with van der Waals surface area (Å²) in [6, 6.07) is 11.2. The zero-order valence-corrected chi connectivity index (χ0v) is 15.2. The highest BCUT2D eigenvalue weighted by atomic mass is 35.5. The van der Waals surface area contributed by atoms with E-state index in [9.17, 15) is 4.79 Å². The van der Waals surface area contributed by atoms with Crippen molar-refractivity contribution < 1.29 is 9.32 Å². The Hall–Kier alpha value is -2.73. The molecule has 2 heterocycles. The van der Waals surface area contributed by atoms with Gasteiger partial charge in [-0.05, 0) is 36.8 Å². The summed E-state index contributed by atoms with van der Waals surface area (Å²) in [6.45, 7) is 3.11. The van der Waals surface area contributed by atoms with Gasteiger partial charge in [0.2, 0.25) is 17.6 Å². The maximum absolute atomic E-state index is 12.5. The molecule has 7 heteroatoms. The normalized spacial score (nSPS) is 10.7. The molecule has 1 aromatic carbocycles. The van der Waals surface area contributed by atoms with Crippen molar-refractivity contribution in [1.82, 2.24) is 20.0 Å². The van der Waals surface area contributed by atoms with E-state index >= 15 is 0 Å². The molecule has 0 aliphatic carbocycles. The zero-order valence-electron chi connectivity index (χ0n) is 14.4. The molecule has 0 fully saturated rings. The van der Waals surface area contributed by atoms with Crippen molar-refractivity contribution in [1.29, 1.82) is 0 Å². The molecule has 0 saturated carbocycles. The molecule has 1 amide bonds. The smallest absolute Gasteiger partial charge is 0.227 e. The summed E-state index contributed by atoms with van der Waals surface area (Å²) in [6.07, 6.45) is 4.06. The van der Waals surface area contributed by atoms with Crippen LogP contribution in [-0.2, 0) is 17.8 Å². The minimum Gasteiger partial charge on any atom is -0.339 e. The first kappa shape index (κ1) is 18.1. The number of hydrogen-bond acceptors (Lipinski definition) is 5. The fourth-order valence-corrected chi connectivity index (χ4v) is 2.79. The average molecular weight is 371 g/mol. The molecule has 0 radical (unpaired) electrons. The number of carbonyl (C=O) groups is 1. The lowest BCUT2D eigenvalue weighted by molar-refractivity contribution is -0.131. The lowest BCUT2D eigenvalue weighted by Gasteiger charge is -2.20. The van der Waals surface area contributed by atoms with Gasteiger partial charge in [0, 0.05) is 48.9 Å². The van der Waals surface area contributed by atoms with E-state index in [1.807, 2.05) is 43.3 Å². The van der Waals surface area contributed by atoms with Crippen molar-refractivity contribution in [3.8, 4) is 11.4 Å². The van der Waals surface area contributed by atoms with Crippen LogP contribution in [0.4, 0.5) is 0 Å². The van der Waals surface area contributed by atoms with Crippen molar-refractivity contribution in [3.05, 3.63) is 65.3 Å². The zero-order chi connectivity index (χ0) is 18.4. The van der Waals surface area contributed by atoms with Gasteiger partial charge in [-0.3, -0.25) is 9.78 Å². The van der Waals surface area contributed by atoms with Gasteiger partial charge in [-0.15, -0.1) is 0 Å². The second kappa shape index (κ2) is 8.58. The second-order valence-corrected chi connectivity index (χ2v) is 6.22. The van der Waals surface area contributed by atoms with E-state index in [1.165, 1.54) is 0 Å². The minimum absolute atomic E-state index is 0.0381. The first-order valence-electron chi connectivity index (χ1n) is 8.41. The Morgan fingerprint density at radius 1 is 1.23 bits per heavy atom. The largest absolute Gasteiger partial charge is 0.339 e. The number of rotatable bonds is 7. The van der Waals surface area contributed by atoms with E-state index in [2.05, 4.69) is 15.1 Å². The summed E-state index contributed by atoms with van der Waals surface area (Å²) in [4.78, 5) is 22.6. The molecule has 26 heavy (non-hydrogen) atoms. The van der Waals surface area contributed by atoms with Crippen LogP contribution in [0.2, 0.25) is 5.02 Å². The van der Waals surface area contributed by atoms with Gasteiger partial charge in [0.1, 0.15) is 0 Å². The van der Waals surface area contributed by atoms with Gasteiger partial charge < -0.3 is 9.42 Å². The maximum Gasteiger partial charge on any atom is 0.227 e. The highest BCUT2D eigenvalue weighted by Crippen LogP contribution is 2.16. The Labute approximate surface area is 156 Å². The fourth-order valence-electron chi connectivity index (χ4n) is 2.58. The Morgan fingerprint density at radius 2 is 2.04 bits per heavy atom. The van der Waals surface area contributed by atoms with E-state index in [1.54, 1.807) is 17.3 Å². The molecule has 0 saturated heterocycles. The van der Waals surface area contributed by atoms with E-state index < -0.39 is 0 Å². The van der Waals surface area contributed by atoms with Gasteiger partial charge in [-0.1, -0.05) is 28.9 Å². The molecular weight excluding hydrogens is 352 g/mol. The van der Waals surface area contributed by atoms with Crippen molar-refractivity contribution in [2.45, 2.75) is 26.3 Å². The van der Waals surface area contributed by atoms with Crippen LogP contribution in [0.15, 0.2) is 53.3 Å². The van der Waals surface area contributed by atoms with Crippen LogP contribution in [0, 0.1) is 0 Å². The van der Waals surface area contributed by atoms with Crippen molar-refractivity contribution in [2.75, 3.05) is 6.54 Å². The van der Waals surface area contributed by atoms with Crippen LogP contribution in [0.5, 0.6) is 0 Å². The molecule has 0 aliphatic heterocycles. The summed E-state index contributed by atoms with van der Waals surface area (Å²) >= 11 is 6.01. The molecule has 0 unspecified atom stereocenters. The van der Waals surface area contributed by atoms with Crippen molar-refractivity contribution >= 4 is 17.5 Å². The lowest BCUT2D eigenvalue weighted by Crippen LogP contribution is -2.30. The van der Waals surface area contributed by atoms with Crippen LogP contribution >= 0.6 is 11.6 Å². The van der Waals surface area contributed by atoms with Gasteiger partial charge in [-0.2, -0.15) is 4.98 Å². The van der Waals surface area contributed by atoms with Crippen LogP contribution in [0.1, 0.15) is 24.8 Å². The van der Waals surface area contributed by atoms with E-state index in [0.717, 1.165) is 11.1 Å². The topological polar surface area (TPSA) is 72.1 Å². The predicted molar refractivity (Wildman–Crippen MR) is 98.4 cm³/mol. The third kappa shape index (κ3) is 4.67.